The van der Waals surface area contributed by atoms with Crippen LogP contribution in [0.3, 0.4) is 0 Å². The maximum absolute atomic E-state index is 5.33. The lowest BCUT2D eigenvalue weighted by molar-refractivity contribution is 0.383. The Balaban J connectivity index is 1.09. The van der Waals surface area contributed by atoms with Crippen LogP contribution in [0.2, 0.25) is 0 Å². The molecule has 1 atom stereocenters. The first-order valence-electron chi connectivity index (χ1n) is 20.4. The smallest absolute Gasteiger partial charge is 0.159 e. The summed E-state index contributed by atoms with van der Waals surface area (Å²) in [5.74, 6) is 1.61. The maximum Gasteiger partial charge on any atom is 0.159 e. The first kappa shape index (κ1) is 34.9. The minimum Gasteiger partial charge on any atom is -0.333 e. The summed E-state index contributed by atoms with van der Waals surface area (Å²) >= 11 is 0. The Kier molecular flexibility index (Phi) is 8.09. The van der Waals surface area contributed by atoms with Gasteiger partial charge in [-0.2, -0.15) is 0 Å². The summed E-state index contributed by atoms with van der Waals surface area (Å²) in [6.07, 6.45) is -0.224. The monoisotopic (exact) mass is 758 g/mol. The van der Waals surface area contributed by atoms with Crippen molar-refractivity contribution in [3.63, 3.8) is 0 Å². The van der Waals surface area contributed by atoms with Gasteiger partial charge in [0.05, 0.1) is 11.0 Å². The van der Waals surface area contributed by atoms with Gasteiger partial charge in [0.2, 0.25) is 0 Å². The molecule has 1 aromatic heterocycles. The molecule has 1 aliphatic heterocycles. The lowest BCUT2D eigenvalue weighted by Gasteiger charge is -2.32. The Morgan fingerprint density at radius 3 is 1.93 bits per heavy atom. The summed E-state index contributed by atoms with van der Waals surface area (Å²) in [5.41, 5.74) is 16.7. The van der Waals surface area contributed by atoms with Crippen LogP contribution in [-0.4, -0.2) is 28.2 Å². The van der Waals surface area contributed by atoms with E-state index in [-0.39, 0.29) is 11.6 Å². The number of fused-ring (bicyclic) bond motifs is 6. The van der Waals surface area contributed by atoms with Gasteiger partial charge in [-0.1, -0.05) is 184 Å². The zero-order valence-corrected chi connectivity index (χ0v) is 33.3. The van der Waals surface area contributed by atoms with Crippen molar-refractivity contribution in [1.82, 2.24) is 9.47 Å². The SMILES string of the molecule is CN1C(c2ccccc2)=NC(c2cccc(-n3c4ccccc4c4cccc(-c5ccccc5-c5ccc6c(c5)C(C)(C)c5ccccc5-6)c43)c2)=NC1c1ccccc1. The second kappa shape index (κ2) is 13.7. The van der Waals surface area contributed by atoms with Crippen LogP contribution in [-0.2, 0) is 5.41 Å². The molecule has 2 aliphatic rings. The molecule has 282 valence electrons. The predicted octanol–water partition coefficient (Wildman–Crippen LogP) is 13.3. The molecule has 1 aliphatic carbocycles. The third-order valence-electron chi connectivity index (χ3n) is 12.5. The molecular formula is C55H42N4. The molecule has 9 aromatic rings. The molecule has 1 unspecified atom stereocenters. The lowest BCUT2D eigenvalue weighted by Crippen LogP contribution is -2.35. The van der Waals surface area contributed by atoms with Crippen molar-refractivity contribution in [3.05, 3.63) is 222 Å². The van der Waals surface area contributed by atoms with Crippen LogP contribution >= 0.6 is 0 Å². The van der Waals surface area contributed by atoms with E-state index < -0.39 is 0 Å². The standard InChI is InChI=1S/C55H42N4/c1-55(2)48-30-14-12-26-43(48)44-33-32-38(35-49(44)55)41-24-10-11-25-42(41)46-28-17-29-47-45-27-13-15-31-50(45)59(51(46)47)40-23-16-22-39(34-40)52-56-53(36-18-6-4-7-19-36)58(3)54(57-52)37-20-8-5-9-21-37/h4-35,53H,1-3H3. The second-order valence-electron chi connectivity index (χ2n) is 16.2. The molecule has 2 heterocycles. The number of hydrogen-bond acceptors (Lipinski definition) is 3. The third-order valence-corrected chi connectivity index (χ3v) is 12.5. The van der Waals surface area contributed by atoms with Gasteiger partial charge >= 0.3 is 0 Å². The average Bonchev–Trinajstić information content (AvgIpc) is 3.75. The Bertz CT molecular complexity index is 3150. The van der Waals surface area contributed by atoms with Crippen molar-refractivity contribution in [2.45, 2.75) is 25.4 Å². The molecule has 0 radical (unpaired) electrons. The summed E-state index contributed by atoms with van der Waals surface area (Å²) < 4.78 is 2.44. The molecule has 0 N–H and O–H groups in total. The van der Waals surface area contributed by atoms with E-state index in [1.54, 1.807) is 0 Å². The minimum absolute atomic E-state index is 0.0839. The molecule has 0 saturated carbocycles. The molecule has 0 bridgehead atoms. The van der Waals surface area contributed by atoms with Crippen LogP contribution in [0.1, 0.15) is 47.8 Å². The first-order chi connectivity index (χ1) is 29.0. The van der Waals surface area contributed by atoms with Gasteiger partial charge in [0.1, 0.15) is 12.0 Å². The Morgan fingerprint density at radius 2 is 1.10 bits per heavy atom. The van der Waals surface area contributed by atoms with Crippen LogP contribution in [0.25, 0.3) is 60.9 Å². The summed E-state index contributed by atoms with van der Waals surface area (Å²) in [7, 11) is 2.08. The lowest BCUT2D eigenvalue weighted by atomic mass is 9.81. The minimum atomic E-state index is -0.224. The fraction of sp³-hybridized carbons (Fsp3) is 0.0909. The van der Waals surface area contributed by atoms with Gasteiger partial charge in [-0.15, -0.1) is 0 Å². The van der Waals surface area contributed by atoms with E-state index in [0.717, 1.165) is 33.7 Å². The summed E-state index contributed by atoms with van der Waals surface area (Å²) in [6.45, 7) is 4.71. The van der Waals surface area contributed by atoms with Gasteiger partial charge in [-0.05, 0) is 68.8 Å². The van der Waals surface area contributed by atoms with Crippen LogP contribution in [0, 0.1) is 0 Å². The van der Waals surface area contributed by atoms with Crippen LogP contribution in [0.15, 0.2) is 204 Å². The quantitative estimate of drug-likeness (QED) is 0.166. The van der Waals surface area contributed by atoms with Crippen molar-refractivity contribution < 1.29 is 0 Å². The van der Waals surface area contributed by atoms with Crippen molar-refractivity contribution in [2.24, 2.45) is 9.98 Å². The van der Waals surface area contributed by atoms with E-state index in [1.807, 2.05) is 6.07 Å². The van der Waals surface area contributed by atoms with E-state index in [9.17, 15) is 0 Å². The maximum atomic E-state index is 5.33. The highest BCUT2D eigenvalue weighted by Crippen LogP contribution is 2.50. The van der Waals surface area contributed by atoms with Gasteiger partial charge in [0.15, 0.2) is 5.84 Å². The van der Waals surface area contributed by atoms with Crippen LogP contribution in [0.4, 0.5) is 0 Å². The van der Waals surface area contributed by atoms with Gasteiger partial charge < -0.3 is 9.47 Å². The van der Waals surface area contributed by atoms with Gasteiger partial charge in [-0.3, -0.25) is 0 Å². The highest BCUT2D eigenvalue weighted by molar-refractivity contribution is 6.16. The van der Waals surface area contributed by atoms with Crippen molar-refractivity contribution in [2.75, 3.05) is 7.05 Å². The number of nitrogens with zero attached hydrogens (tertiary/aromatic N) is 4. The largest absolute Gasteiger partial charge is 0.333 e. The van der Waals surface area contributed by atoms with Crippen molar-refractivity contribution >= 4 is 33.5 Å². The summed E-state index contributed by atoms with van der Waals surface area (Å²) in [5, 5.41) is 2.43. The molecule has 0 fully saturated rings. The Morgan fingerprint density at radius 1 is 0.475 bits per heavy atom. The molecule has 0 saturated heterocycles. The van der Waals surface area contributed by atoms with Gasteiger partial charge in [-0.25, -0.2) is 9.98 Å². The fourth-order valence-corrected chi connectivity index (χ4v) is 9.57. The number of para-hydroxylation sites is 2. The van der Waals surface area contributed by atoms with Gasteiger partial charge in [0, 0.05) is 45.6 Å². The van der Waals surface area contributed by atoms with E-state index in [2.05, 4.69) is 218 Å². The van der Waals surface area contributed by atoms with E-state index >= 15 is 0 Å². The molecule has 4 heteroatoms. The number of benzene rings is 8. The van der Waals surface area contributed by atoms with E-state index in [4.69, 9.17) is 9.98 Å². The topological polar surface area (TPSA) is 32.9 Å². The Labute approximate surface area is 345 Å². The van der Waals surface area contributed by atoms with Crippen LogP contribution in [0.5, 0.6) is 0 Å². The predicted molar refractivity (Wildman–Crippen MR) is 246 cm³/mol. The van der Waals surface area contributed by atoms with Crippen LogP contribution < -0.4 is 0 Å². The number of aliphatic imine (C=N–C) groups is 2. The number of amidine groups is 2. The number of aromatic nitrogens is 1. The zero-order valence-electron chi connectivity index (χ0n) is 33.3. The molecular weight excluding hydrogens is 717 g/mol. The molecule has 11 rings (SSSR count). The molecule has 4 nitrogen and oxygen atoms in total. The first-order valence-corrected chi connectivity index (χ1v) is 20.4. The van der Waals surface area contributed by atoms with Crippen molar-refractivity contribution in [1.29, 1.82) is 0 Å². The molecule has 0 spiro atoms. The number of hydrogen-bond donors (Lipinski definition) is 0. The summed E-state index contributed by atoms with van der Waals surface area (Å²) in [6, 6.07) is 70.0. The Hall–Kier alpha value is -7.30. The molecule has 8 aromatic carbocycles. The fourth-order valence-electron chi connectivity index (χ4n) is 9.57. The zero-order chi connectivity index (χ0) is 39.7. The highest BCUT2D eigenvalue weighted by atomic mass is 15.3. The molecule has 0 amide bonds. The molecule has 59 heavy (non-hydrogen) atoms. The average molecular weight is 759 g/mol. The second-order valence-corrected chi connectivity index (χ2v) is 16.2. The van der Waals surface area contributed by atoms with Crippen molar-refractivity contribution in [3.8, 4) is 39.1 Å². The third kappa shape index (κ3) is 5.59. The highest BCUT2D eigenvalue weighted by Gasteiger charge is 2.35. The van der Waals surface area contributed by atoms with E-state index in [1.165, 1.54) is 60.8 Å². The normalized spacial score (nSPS) is 15.5. The van der Waals surface area contributed by atoms with E-state index in [0.29, 0.717) is 5.84 Å². The number of rotatable bonds is 6. The van der Waals surface area contributed by atoms with Gasteiger partial charge in [0.25, 0.3) is 0 Å². The summed E-state index contributed by atoms with van der Waals surface area (Å²) in [4.78, 5) is 12.8.